The molecule has 0 radical (unpaired) electrons. The smallest absolute Gasteiger partial charge is 0.177 e. The highest BCUT2D eigenvalue weighted by Crippen LogP contribution is 2.53. The van der Waals surface area contributed by atoms with Crippen LogP contribution in [0.3, 0.4) is 0 Å². The predicted octanol–water partition coefficient (Wildman–Crippen LogP) is 14.0. The first kappa shape index (κ1) is 32.1. The molecule has 0 saturated heterocycles. The quantitative estimate of drug-likeness (QED) is 0.178. The summed E-state index contributed by atoms with van der Waals surface area (Å²) in [4.78, 5) is 7.24. The molecular formula is C48H43N3O. The number of nitrogens with zero attached hydrogens (tertiary/aromatic N) is 2. The van der Waals surface area contributed by atoms with Gasteiger partial charge < -0.3 is 14.6 Å². The van der Waals surface area contributed by atoms with E-state index < -0.39 is 0 Å². The van der Waals surface area contributed by atoms with Crippen molar-refractivity contribution in [1.82, 2.24) is 4.98 Å². The zero-order chi connectivity index (χ0) is 35.6. The minimum Gasteiger partial charge on any atom is -0.452 e. The van der Waals surface area contributed by atoms with Gasteiger partial charge in [-0.25, -0.2) is 0 Å². The van der Waals surface area contributed by atoms with Gasteiger partial charge in [0.05, 0.1) is 11.4 Å². The fraction of sp³-hybridized carbons (Fsp3) is 0.188. The van der Waals surface area contributed by atoms with E-state index in [1.54, 1.807) is 0 Å². The molecule has 0 spiro atoms. The van der Waals surface area contributed by atoms with Gasteiger partial charge in [0.1, 0.15) is 11.1 Å². The number of aryl methyl sites for hydroxylation is 1. The van der Waals surface area contributed by atoms with Gasteiger partial charge in [-0.15, -0.1) is 0 Å². The molecule has 1 aliphatic rings. The molecule has 0 atom stereocenters. The molecule has 2 aromatic heterocycles. The van der Waals surface area contributed by atoms with Crippen LogP contribution in [0.4, 0.5) is 28.4 Å². The average molecular weight is 678 g/mol. The van der Waals surface area contributed by atoms with Crippen LogP contribution in [0.1, 0.15) is 63.6 Å². The minimum absolute atomic E-state index is 0.0454. The van der Waals surface area contributed by atoms with Crippen LogP contribution in [-0.4, -0.2) is 4.98 Å². The van der Waals surface area contributed by atoms with E-state index in [9.17, 15) is 0 Å². The number of rotatable bonds is 6. The number of allylic oxidation sites excluding steroid dienone is 2. The lowest BCUT2D eigenvalue weighted by Crippen LogP contribution is -2.22. The van der Waals surface area contributed by atoms with Crippen molar-refractivity contribution < 1.29 is 4.42 Å². The van der Waals surface area contributed by atoms with Crippen molar-refractivity contribution in [2.75, 3.05) is 10.2 Å². The highest BCUT2D eigenvalue weighted by molar-refractivity contribution is 6.20. The van der Waals surface area contributed by atoms with Gasteiger partial charge in [-0.2, -0.15) is 0 Å². The van der Waals surface area contributed by atoms with E-state index in [1.165, 1.54) is 43.8 Å². The highest BCUT2D eigenvalue weighted by atomic mass is 16.3. The number of hydrogen-bond acceptors (Lipinski definition) is 4. The summed E-state index contributed by atoms with van der Waals surface area (Å²) >= 11 is 0. The van der Waals surface area contributed by atoms with Gasteiger partial charge >= 0.3 is 0 Å². The van der Waals surface area contributed by atoms with E-state index in [0.717, 1.165) is 63.3 Å². The maximum absolute atomic E-state index is 6.66. The molecule has 256 valence electrons. The predicted molar refractivity (Wildman–Crippen MR) is 221 cm³/mol. The standard InChI is InChI=1S/C48H43N3O/c1-6-40-44-31(23-25-48(40,4)5)27-42(36-22-21-35-38(30(2)3)28-33(29-39(35)45(36)44)50-32-15-9-7-10-16-32)51(34-17-11-8-12-18-34)41-24-26-49-46-37-19-13-14-20-43(37)52-47(41)46/h6-22,24,26-30,50H,23,25H2,1-5H3/b40-6+. The number of pyridine rings is 1. The molecule has 0 aliphatic heterocycles. The maximum atomic E-state index is 6.66. The third kappa shape index (κ3) is 5.16. The number of benzene rings is 6. The van der Waals surface area contributed by atoms with Crippen molar-refractivity contribution in [3.05, 3.63) is 150 Å². The van der Waals surface area contributed by atoms with Gasteiger partial charge in [-0.3, -0.25) is 4.98 Å². The Hall–Kier alpha value is -5.87. The van der Waals surface area contributed by atoms with Crippen LogP contribution in [-0.2, 0) is 6.42 Å². The molecule has 8 aromatic rings. The molecular weight excluding hydrogens is 635 g/mol. The normalized spacial score (nSPS) is 14.8. The highest BCUT2D eigenvalue weighted by Gasteiger charge is 2.34. The molecule has 0 unspecified atom stereocenters. The van der Waals surface area contributed by atoms with Crippen LogP contribution in [0.25, 0.3) is 49.2 Å². The summed E-state index contributed by atoms with van der Waals surface area (Å²) in [5.41, 5.74) is 13.4. The Morgan fingerprint density at radius 1 is 0.750 bits per heavy atom. The molecule has 1 N–H and O–H groups in total. The van der Waals surface area contributed by atoms with Crippen LogP contribution < -0.4 is 10.2 Å². The number of fused-ring (bicyclic) bond motifs is 8. The second-order valence-corrected chi connectivity index (χ2v) is 15.1. The van der Waals surface area contributed by atoms with E-state index in [2.05, 4.69) is 160 Å². The number of aromatic nitrogens is 1. The molecule has 4 nitrogen and oxygen atoms in total. The molecule has 1 aliphatic carbocycles. The van der Waals surface area contributed by atoms with E-state index >= 15 is 0 Å². The number of nitrogens with one attached hydrogen (secondary N) is 1. The SMILES string of the molecule is C/C=C1\c2c(cc(N(c3ccccc3)c3ccnc4c3oc3ccccc34)c3ccc4c(C(C)C)cc(Nc5ccccc5)cc4c23)CCC1(C)C. The number of furan rings is 1. The summed E-state index contributed by atoms with van der Waals surface area (Å²) in [6.07, 6.45) is 6.36. The zero-order valence-electron chi connectivity index (χ0n) is 30.5. The third-order valence-corrected chi connectivity index (χ3v) is 11.1. The second-order valence-electron chi connectivity index (χ2n) is 15.1. The van der Waals surface area contributed by atoms with Crippen molar-refractivity contribution in [1.29, 1.82) is 0 Å². The maximum Gasteiger partial charge on any atom is 0.177 e. The summed E-state index contributed by atoms with van der Waals surface area (Å²) in [5.74, 6) is 0.341. The van der Waals surface area contributed by atoms with Crippen molar-refractivity contribution in [2.24, 2.45) is 5.41 Å². The van der Waals surface area contributed by atoms with E-state index in [0.29, 0.717) is 5.92 Å². The lowest BCUT2D eigenvalue weighted by Gasteiger charge is -2.37. The Morgan fingerprint density at radius 3 is 2.25 bits per heavy atom. The van der Waals surface area contributed by atoms with Crippen LogP contribution in [0.15, 0.2) is 138 Å². The first-order valence-corrected chi connectivity index (χ1v) is 18.5. The van der Waals surface area contributed by atoms with E-state index in [-0.39, 0.29) is 5.41 Å². The molecule has 4 heteroatoms. The van der Waals surface area contributed by atoms with Crippen LogP contribution in [0.5, 0.6) is 0 Å². The third-order valence-electron chi connectivity index (χ3n) is 11.1. The van der Waals surface area contributed by atoms with Gasteiger partial charge in [-0.05, 0) is 130 Å². The zero-order valence-corrected chi connectivity index (χ0v) is 30.5. The molecule has 9 rings (SSSR count). The lowest BCUT2D eigenvalue weighted by atomic mass is 9.68. The summed E-state index contributed by atoms with van der Waals surface area (Å²) in [6.45, 7) is 11.6. The largest absolute Gasteiger partial charge is 0.452 e. The fourth-order valence-electron chi connectivity index (χ4n) is 8.56. The van der Waals surface area contributed by atoms with Crippen LogP contribution >= 0.6 is 0 Å². The lowest BCUT2D eigenvalue weighted by molar-refractivity contribution is 0.444. The molecule has 0 fully saturated rings. The minimum atomic E-state index is 0.0454. The monoisotopic (exact) mass is 677 g/mol. The topological polar surface area (TPSA) is 41.3 Å². The average Bonchev–Trinajstić information content (AvgIpc) is 3.55. The Bertz CT molecular complexity index is 2670. The van der Waals surface area contributed by atoms with Gasteiger partial charge in [-0.1, -0.05) is 94.4 Å². The Morgan fingerprint density at radius 2 is 1.48 bits per heavy atom. The summed E-state index contributed by atoms with van der Waals surface area (Å²) in [5, 5.41) is 9.86. The molecule has 6 aromatic carbocycles. The first-order chi connectivity index (χ1) is 25.3. The summed E-state index contributed by atoms with van der Waals surface area (Å²) < 4.78 is 6.66. The van der Waals surface area contributed by atoms with Crippen LogP contribution in [0.2, 0.25) is 0 Å². The van der Waals surface area contributed by atoms with Crippen molar-refractivity contribution in [2.45, 2.75) is 53.4 Å². The number of hydrogen-bond donors (Lipinski definition) is 1. The molecule has 0 bridgehead atoms. The first-order valence-electron chi connectivity index (χ1n) is 18.5. The Kier molecular flexibility index (Phi) is 7.66. The number of para-hydroxylation sites is 3. The summed E-state index contributed by atoms with van der Waals surface area (Å²) in [7, 11) is 0. The summed E-state index contributed by atoms with van der Waals surface area (Å²) in [6, 6.07) is 43.4. The molecule has 52 heavy (non-hydrogen) atoms. The van der Waals surface area contributed by atoms with E-state index in [4.69, 9.17) is 9.40 Å². The Labute approximate surface area is 305 Å². The van der Waals surface area contributed by atoms with Crippen molar-refractivity contribution >= 4 is 77.6 Å². The second kappa shape index (κ2) is 12.4. The van der Waals surface area contributed by atoms with Crippen molar-refractivity contribution in [3.8, 4) is 0 Å². The van der Waals surface area contributed by atoms with E-state index in [1.807, 2.05) is 18.3 Å². The van der Waals surface area contributed by atoms with Crippen molar-refractivity contribution in [3.63, 3.8) is 0 Å². The molecule has 0 saturated carbocycles. The fourth-order valence-corrected chi connectivity index (χ4v) is 8.56. The van der Waals surface area contributed by atoms with Gasteiger partial charge in [0.25, 0.3) is 0 Å². The van der Waals surface area contributed by atoms with Crippen LogP contribution in [0, 0.1) is 5.41 Å². The number of anilines is 5. The van der Waals surface area contributed by atoms with Gasteiger partial charge in [0.15, 0.2) is 5.58 Å². The Balaban J connectivity index is 1.42. The molecule has 2 heterocycles. The molecule has 0 amide bonds. The van der Waals surface area contributed by atoms with Gasteiger partial charge in [0, 0.05) is 34.0 Å². The van der Waals surface area contributed by atoms with Gasteiger partial charge in [0.2, 0.25) is 0 Å².